The van der Waals surface area contributed by atoms with Crippen molar-refractivity contribution in [2.45, 2.75) is 71.3 Å². The van der Waals surface area contributed by atoms with Gasteiger partial charge in [-0.3, -0.25) is 4.79 Å². The van der Waals surface area contributed by atoms with Crippen molar-refractivity contribution in [1.82, 2.24) is 10.1 Å². The minimum absolute atomic E-state index is 0.118. The summed E-state index contributed by atoms with van der Waals surface area (Å²) in [7, 11) is 0. The van der Waals surface area contributed by atoms with E-state index in [9.17, 15) is 4.79 Å². The van der Waals surface area contributed by atoms with Crippen LogP contribution in [-0.4, -0.2) is 22.5 Å². The topological polar surface area (TPSA) is 65.2 Å². The minimum atomic E-state index is -0.441. The van der Waals surface area contributed by atoms with Gasteiger partial charge in [0.15, 0.2) is 0 Å². The Morgan fingerprint density at radius 2 is 2.29 bits per heavy atom. The zero-order chi connectivity index (χ0) is 15.5. The van der Waals surface area contributed by atoms with E-state index >= 15 is 0 Å². The molecule has 0 radical (unpaired) electrons. The second-order valence-corrected chi connectivity index (χ2v) is 6.13. The van der Waals surface area contributed by atoms with E-state index in [0.717, 1.165) is 19.3 Å². The summed E-state index contributed by atoms with van der Waals surface area (Å²) in [5.74, 6) is 1.39. The van der Waals surface area contributed by atoms with Crippen molar-refractivity contribution in [1.29, 1.82) is 0 Å². The van der Waals surface area contributed by atoms with Gasteiger partial charge in [0.25, 0.3) is 0 Å². The summed E-state index contributed by atoms with van der Waals surface area (Å²) in [6.45, 7) is 8.52. The second kappa shape index (κ2) is 6.69. The van der Waals surface area contributed by atoms with Crippen molar-refractivity contribution in [2.75, 3.05) is 6.61 Å². The Labute approximate surface area is 126 Å². The van der Waals surface area contributed by atoms with E-state index in [1.807, 2.05) is 20.8 Å². The van der Waals surface area contributed by atoms with Gasteiger partial charge in [0.1, 0.15) is 11.4 Å². The quantitative estimate of drug-likeness (QED) is 0.802. The lowest BCUT2D eigenvalue weighted by Crippen LogP contribution is -2.36. The first-order valence-corrected chi connectivity index (χ1v) is 8.03. The average Bonchev–Trinajstić information content (AvgIpc) is 2.96. The van der Waals surface area contributed by atoms with Crippen LogP contribution in [0.3, 0.4) is 0 Å². The molecule has 1 aromatic heterocycles. The molecule has 5 nitrogen and oxygen atoms in total. The average molecular weight is 294 g/mol. The van der Waals surface area contributed by atoms with E-state index in [1.165, 1.54) is 6.42 Å². The first-order chi connectivity index (χ1) is 10.0. The number of nitrogens with zero attached hydrogens (tertiary/aromatic N) is 2. The lowest BCUT2D eigenvalue weighted by Gasteiger charge is -2.37. The van der Waals surface area contributed by atoms with E-state index < -0.39 is 5.60 Å². The molecule has 0 aromatic carbocycles. The van der Waals surface area contributed by atoms with Crippen molar-refractivity contribution in [3.05, 3.63) is 11.7 Å². The molecule has 0 spiro atoms. The monoisotopic (exact) mass is 294 g/mol. The van der Waals surface area contributed by atoms with Crippen LogP contribution in [0, 0.1) is 5.92 Å². The van der Waals surface area contributed by atoms with Gasteiger partial charge in [0.05, 0.1) is 5.92 Å². The van der Waals surface area contributed by atoms with Crippen molar-refractivity contribution >= 4 is 5.78 Å². The Balaban J connectivity index is 2.26. The summed E-state index contributed by atoms with van der Waals surface area (Å²) in [5, 5.41) is 4.14. The largest absolute Gasteiger partial charge is 0.367 e. The number of hydrogen-bond donors (Lipinski definition) is 0. The fourth-order valence-electron chi connectivity index (χ4n) is 3.22. The van der Waals surface area contributed by atoms with Crippen LogP contribution >= 0.6 is 0 Å². The number of carbonyl (C=O) groups is 1. The van der Waals surface area contributed by atoms with Crippen LogP contribution in [0.15, 0.2) is 4.52 Å². The van der Waals surface area contributed by atoms with Gasteiger partial charge in [-0.05, 0) is 39.0 Å². The first kappa shape index (κ1) is 16.1. The SMILES string of the molecule is CCOC1(c2noc(C(C)C(=O)CC)n2)CCCC(C)C1. The number of rotatable bonds is 6. The van der Waals surface area contributed by atoms with Gasteiger partial charge < -0.3 is 9.26 Å². The summed E-state index contributed by atoms with van der Waals surface area (Å²) < 4.78 is 11.4. The summed E-state index contributed by atoms with van der Waals surface area (Å²) in [6.07, 6.45) is 4.63. The molecule has 5 heteroatoms. The Morgan fingerprint density at radius 3 is 2.90 bits per heavy atom. The summed E-state index contributed by atoms with van der Waals surface area (Å²) in [4.78, 5) is 16.3. The molecule has 21 heavy (non-hydrogen) atoms. The van der Waals surface area contributed by atoms with Crippen LogP contribution in [0.1, 0.15) is 77.4 Å². The molecule has 1 heterocycles. The second-order valence-electron chi connectivity index (χ2n) is 6.13. The van der Waals surface area contributed by atoms with Crippen LogP contribution in [0.2, 0.25) is 0 Å². The zero-order valence-corrected chi connectivity index (χ0v) is 13.5. The number of aromatic nitrogens is 2. The maximum atomic E-state index is 11.8. The molecule has 1 fully saturated rings. The minimum Gasteiger partial charge on any atom is -0.367 e. The molecule has 2 rings (SSSR count). The maximum Gasteiger partial charge on any atom is 0.237 e. The highest BCUT2D eigenvalue weighted by molar-refractivity contribution is 5.83. The van der Waals surface area contributed by atoms with Crippen LogP contribution in [-0.2, 0) is 15.1 Å². The predicted molar refractivity (Wildman–Crippen MR) is 78.9 cm³/mol. The van der Waals surface area contributed by atoms with Gasteiger partial charge in [0.2, 0.25) is 11.7 Å². The number of carbonyl (C=O) groups excluding carboxylic acids is 1. The first-order valence-electron chi connectivity index (χ1n) is 8.03. The van der Waals surface area contributed by atoms with Crippen molar-refractivity contribution in [3.8, 4) is 0 Å². The van der Waals surface area contributed by atoms with Crippen molar-refractivity contribution < 1.29 is 14.1 Å². The van der Waals surface area contributed by atoms with Crippen molar-refractivity contribution in [2.24, 2.45) is 5.92 Å². The highest BCUT2D eigenvalue weighted by atomic mass is 16.5. The van der Waals surface area contributed by atoms with E-state index in [2.05, 4.69) is 17.1 Å². The molecule has 0 bridgehead atoms. The molecule has 1 aliphatic carbocycles. The normalized spacial score (nSPS) is 27.5. The molecule has 1 aromatic rings. The van der Waals surface area contributed by atoms with Gasteiger partial charge in [-0.15, -0.1) is 0 Å². The molecular weight excluding hydrogens is 268 g/mol. The van der Waals surface area contributed by atoms with E-state index in [4.69, 9.17) is 9.26 Å². The van der Waals surface area contributed by atoms with E-state index in [-0.39, 0.29) is 11.7 Å². The standard InChI is InChI=1S/C16H26N2O3/c1-5-13(19)12(4)14-17-15(18-21-14)16(20-6-2)9-7-8-11(3)10-16/h11-12H,5-10H2,1-4H3. The summed E-state index contributed by atoms with van der Waals surface area (Å²) in [5.41, 5.74) is -0.441. The Hall–Kier alpha value is -1.23. The fourth-order valence-corrected chi connectivity index (χ4v) is 3.22. The highest BCUT2D eigenvalue weighted by Gasteiger charge is 2.42. The molecule has 0 saturated heterocycles. The maximum absolute atomic E-state index is 11.8. The number of ketones is 1. The molecule has 3 atom stereocenters. The van der Waals surface area contributed by atoms with Gasteiger partial charge in [0, 0.05) is 13.0 Å². The van der Waals surface area contributed by atoms with E-state index in [1.54, 1.807) is 0 Å². The lowest BCUT2D eigenvalue weighted by atomic mass is 9.78. The third kappa shape index (κ3) is 3.34. The third-order valence-electron chi connectivity index (χ3n) is 4.43. The Kier molecular flexibility index (Phi) is 5.14. The highest BCUT2D eigenvalue weighted by Crippen LogP contribution is 2.42. The number of hydrogen-bond acceptors (Lipinski definition) is 5. The third-order valence-corrected chi connectivity index (χ3v) is 4.43. The van der Waals surface area contributed by atoms with Crippen molar-refractivity contribution in [3.63, 3.8) is 0 Å². The van der Waals surface area contributed by atoms with Crippen LogP contribution in [0.5, 0.6) is 0 Å². The van der Waals surface area contributed by atoms with Gasteiger partial charge in [-0.1, -0.05) is 25.4 Å². The van der Waals surface area contributed by atoms with Gasteiger partial charge in [-0.25, -0.2) is 0 Å². The predicted octanol–water partition coefficient (Wildman–Crippen LogP) is 3.59. The summed E-state index contributed by atoms with van der Waals surface area (Å²) >= 11 is 0. The van der Waals surface area contributed by atoms with Crippen LogP contribution in [0.4, 0.5) is 0 Å². The van der Waals surface area contributed by atoms with Crippen LogP contribution in [0.25, 0.3) is 0 Å². The Morgan fingerprint density at radius 1 is 1.52 bits per heavy atom. The van der Waals surface area contributed by atoms with Gasteiger partial charge in [-0.2, -0.15) is 4.98 Å². The molecule has 1 saturated carbocycles. The molecule has 3 unspecified atom stereocenters. The molecule has 0 aliphatic heterocycles. The lowest BCUT2D eigenvalue weighted by molar-refractivity contribution is -0.120. The molecule has 0 N–H and O–H groups in total. The molecular formula is C16H26N2O3. The number of ether oxygens (including phenoxy) is 1. The zero-order valence-electron chi connectivity index (χ0n) is 13.5. The smallest absolute Gasteiger partial charge is 0.237 e. The summed E-state index contributed by atoms with van der Waals surface area (Å²) in [6, 6.07) is 0. The number of Topliss-reactive ketones (excluding diaryl/α,β-unsaturated/α-hetero) is 1. The Bertz CT molecular complexity index is 482. The van der Waals surface area contributed by atoms with Crippen LogP contribution < -0.4 is 0 Å². The molecule has 1 aliphatic rings. The molecule has 118 valence electrons. The molecule has 0 amide bonds. The van der Waals surface area contributed by atoms with Gasteiger partial charge >= 0.3 is 0 Å². The fraction of sp³-hybridized carbons (Fsp3) is 0.812. The van der Waals surface area contributed by atoms with E-state index in [0.29, 0.717) is 30.7 Å².